The molecule has 0 saturated carbocycles. The van der Waals surface area contributed by atoms with Crippen LogP contribution in [0.2, 0.25) is 0 Å². The zero-order chi connectivity index (χ0) is 15.3. The standard InChI is InChI=1S/C12H21N5O3.ClH/c1-8(2)4-10(5-13)15-12(18)7-16-6-11(17(19)20)14-9(16)3;/h6,8,10H,4-5,7,13H2,1-3H3,(H,15,18);1H. The lowest BCUT2D eigenvalue weighted by atomic mass is 10.0. The average molecular weight is 320 g/mol. The quantitative estimate of drug-likeness (QED) is 0.574. The molecule has 0 aliphatic carbocycles. The summed E-state index contributed by atoms with van der Waals surface area (Å²) in [6.07, 6.45) is 2.06. The minimum absolute atomic E-state index is 0. The van der Waals surface area contributed by atoms with E-state index in [-0.39, 0.29) is 36.7 Å². The number of aromatic nitrogens is 2. The number of amides is 1. The van der Waals surface area contributed by atoms with Crippen LogP contribution in [0, 0.1) is 23.0 Å². The molecule has 1 aromatic rings. The van der Waals surface area contributed by atoms with Crippen LogP contribution in [-0.4, -0.2) is 33.0 Å². The Balaban J connectivity index is 0.00000400. The second-order valence-corrected chi connectivity index (χ2v) is 5.16. The number of nitro groups is 1. The molecule has 1 amide bonds. The number of rotatable bonds is 7. The summed E-state index contributed by atoms with van der Waals surface area (Å²) < 4.78 is 1.45. The molecular weight excluding hydrogens is 298 g/mol. The van der Waals surface area contributed by atoms with E-state index < -0.39 is 4.92 Å². The van der Waals surface area contributed by atoms with Gasteiger partial charge in [0, 0.05) is 19.5 Å². The molecule has 0 bridgehead atoms. The molecular formula is C12H22ClN5O3. The van der Waals surface area contributed by atoms with Crippen molar-refractivity contribution < 1.29 is 9.72 Å². The van der Waals surface area contributed by atoms with Crippen LogP contribution in [-0.2, 0) is 11.3 Å². The first-order valence-corrected chi connectivity index (χ1v) is 6.51. The fourth-order valence-electron chi connectivity index (χ4n) is 1.95. The Bertz CT molecular complexity index is 489. The fourth-order valence-corrected chi connectivity index (χ4v) is 1.95. The lowest BCUT2D eigenvalue weighted by Crippen LogP contribution is -2.42. The number of hydrogen-bond acceptors (Lipinski definition) is 5. The molecule has 120 valence electrons. The van der Waals surface area contributed by atoms with Crippen molar-refractivity contribution >= 4 is 24.1 Å². The second kappa shape index (κ2) is 8.58. The van der Waals surface area contributed by atoms with E-state index in [4.69, 9.17) is 5.73 Å². The van der Waals surface area contributed by atoms with Gasteiger partial charge in [-0.25, -0.2) is 0 Å². The highest BCUT2D eigenvalue weighted by molar-refractivity contribution is 5.85. The third-order valence-corrected chi connectivity index (χ3v) is 2.87. The van der Waals surface area contributed by atoms with Crippen molar-refractivity contribution in [2.24, 2.45) is 11.7 Å². The smallest absolute Gasteiger partial charge is 0.358 e. The maximum atomic E-state index is 11.9. The van der Waals surface area contributed by atoms with Crippen LogP contribution in [0.1, 0.15) is 26.1 Å². The van der Waals surface area contributed by atoms with Gasteiger partial charge in [0.25, 0.3) is 0 Å². The van der Waals surface area contributed by atoms with E-state index in [1.165, 1.54) is 10.8 Å². The summed E-state index contributed by atoms with van der Waals surface area (Å²) in [5.41, 5.74) is 5.61. The van der Waals surface area contributed by atoms with Gasteiger partial charge in [0.15, 0.2) is 0 Å². The molecule has 9 heteroatoms. The Morgan fingerprint density at radius 2 is 2.19 bits per heavy atom. The third-order valence-electron chi connectivity index (χ3n) is 2.87. The number of nitrogens with two attached hydrogens (primary N) is 1. The number of carbonyl (C=O) groups excluding carboxylic acids is 1. The van der Waals surface area contributed by atoms with E-state index in [1.807, 2.05) is 0 Å². The van der Waals surface area contributed by atoms with Gasteiger partial charge in [0.1, 0.15) is 12.7 Å². The molecule has 0 aliphatic heterocycles. The Labute approximate surface area is 129 Å². The van der Waals surface area contributed by atoms with Crippen molar-refractivity contribution in [3.8, 4) is 0 Å². The van der Waals surface area contributed by atoms with Gasteiger partial charge in [-0.05, 0) is 22.2 Å². The summed E-state index contributed by atoms with van der Waals surface area (Å²) in [5, 5.41) is 13.4. The monoisotopic (exact) mass is 319 g/mol. The maximum absolute atomic E-state index is 11.9. The normalized spacial score (nSPS) is 11.9. The second-order valence-electron chi connectivity index (χ2n) is 5.16. The van der Waals surface area contributed by atoms with Crippen molar-refractivity contribution in [1.82, 2.24) is 14.9 Å². The summed E-state index contributed by atoms with van der Waals surface area (Å²) in [6, 6.07) is -0.0821. The molecule has 1 aromatic heterocycles. The molecule has 1 rings (SSSR count). The van der Waals surface area contributed by atoms with Crippen molar-refractivity contribution in [2.75, 3.05) is 6.54 Å². The van der Waals surface area contributed by atoms with Crippen LogP contribution < -0.4 is 11.1 Å². The number of imidazole rings is 1. The molecule has 0 spiro atoms. The first kappa shape index (κ1) is 19.3. The molecule has 21 heavy (non-hydrogen) atoms. The molecule has 0 aromatic carbocycles. The first-order valence-electron chi connectivity index (χ1n) is 6.51. The Morgan fingerprint density at radius 3 is 2.62 bits per heavy atom. The highest BCUT2D eigenvalue weighted by Gasteiger charge is 2.18. The number of nitrogens with zero attached hydrogens (tertiary/aromatic N) is 3. The van der Waals surface area contributed by atoms with E-state index >= 15 is 0 Å². The molecule has 1 atom stereocenters. The van der Waals surface area contributed by atoms with Gasteiger partial charge in [0.05, 0.1) is 0 Å². The summed E-state index contributed by atoms with van der Waals surface area (Å²) in [4.78, 5) is 25.7. The first-order chi connectivity index (χ1) is 9.33. The summed E-state index contributed by atoms with van der Waals surface area (Å²) in [5.74, 6) is 0.379. The molecule has 0 fully saturated rings. The Morgan fingerprint density at radius 1 is 1.57 bits per heavy atom. The van der Waals surface area contributed by atoms with Crippen molar-refractivity contribution in [3.05, 3.63) is 22.1 Å². The molecule has 0 aliphatic rings. The van der Waals surface area contributed by atoms with Crippen molar-refractivity contribution in [2.45, 2.75) is 39.8 Å². The van der Waals surface area contributed by atoms with Crippen LogP contribution in [0.5, 0.6) is 0 Å². The van der Waals surface area contributed by atoms with E-state index in [1.54, 1.807) is 6.92 Å². The number of carbonyl (C=O) groups is 1. The average Bonchev–Trinajstić information content (AvgIpc) is 2.69. The minimum Gasteiger partial charge on any atom is -0.358 e. The highest BCUT2D eigenvalue weighted by atomic mass is 35.5. The summed E-state index contributed by atoms with van der Waals surface area (Å²) in [7, 11) is 0. The molecule has 0 saturated heterocycles. The van der Waals surface area contributed by atoms with Gasteiger partial charge >= 0.3 is 5.82 Å². The maximum Gasteiger partial charge on any atom is 0.381 e. The zero-order valence-electron chi connectivity index (χ0n) is 12.4. The van der Waals surface area contributed by atoms with Crippen molar-refractivity contribution in [3.63, 3.8) is 0 Å². The van der Waals surface area contributed by atoms with Gasteiger partial charge in [0.2, 0.25) is 11.7 Å². The van der Waals surface area contributed by atoms with Gasteiger partial charge in [-0.15, -0.1) is 12.4 Å². The van der Waals surface area contributed by atoms with Crippen LogP contribution in [0.15, 0.2) is 6.20 Å². The van der Waals surface area contributed by atoms with Crippen LogP contribution in [0.4, 0.5) is 5.82 Å². The van der Waals surface area contributed by atoms with Crippen LogP contribution >= 0.6 is 12.4 Å². The van der Waals surface area contributed by atoms with E-state index in [2.05, 4.69) is 24.1 Å². The topological polar surface area (TPSA) is 116 Å². The van der Waals surface area contributed by atoms with Gasteiger partial charge in [-0.1, -0.05) is 13.8 Å². The number of halogens is 1. The van der Waals surface area contributed by atoms with Gasteiger partial charge in [-0.3, -0.25) is 9.36 Å². The predicted octanol–water partition coefficient (Wildman–Crippen LogP) is 1.01. The van der Waals surface area contributed by atoms with Gasteiger partial charge in [-0.2, -0.15) is 0 Å². The SMILES string of the molecule is Cc1nc([N+](=O)[O-])cn1CC(=O)NC(CN)CC(C)C.Cl. The summed E-state index contributed by atoms with van der Waals surface area (Å²) in [6.45, 7) is 6.10. The molecule has 8 nitrogen and oxygen atoms in total. The third kappa shape index (κ3) is 6.09. The van der Waals surface area contributed by atoms with Crippen molar-refractivity contribution in [1.29, 1.82) is 0 Å². The van der Waals surface area contributed by atoms with Gasteiger partial charge < -0.3 is 21.2 Å². The van der Waals surface area contributed by atoms with Crippen LogP contribution in [0.25, 0.3) is 0 Å². The summed E-state index contributed by atoms with van der Waals surface area (Å²) >= 11 is 0. The number of aryl methyl sites for hydroxylation is 1. The Hall–Kier alpha value is -1.67. The van der Waals surface area contributed by atoms with E-state index in [0.29, 0.717) is 18.3 Å². The van der Waals surface area contributed by atoms with E-state index in [0.717, 1.165) is 6.42 Å². The highest BCUT2D eigenvalue weighted by Crippen LogP contribution is 2.10. The molecule has 3 N–H and O–H groups in total. The molecule has 1 heterocycles. The Kier molecular flexibility index (Phi) is 7.90. The lowest BCUT2D eigenvalue weighted by Gasteiger charge is -2.18. The lowest BCUT2D eigenvalue weighted by molar-refractivity contribution is -0.389. The molecule has 0 radical (unpaired) electrons. The number of hydrogen-bond donors (Lipinski definition) is 2. The number of nitrogens with one attached hydrogen (secondary N) is 1. The molecule has 1 unspecified atom stereocenters. The fraction of sp³-hybridized carbons (Fsp3) is 0.667. The van der Waals surface area contributed by atoms with E-state index in [9.17, 15) is 14.9 Å². The minimum atomic E-state index is -0.581. The van der Waals surface area contributed by atoms with Crippen LogP contribution in [0.3, 0.4) is 0 Å². The predicted molar refractivity (Wildman–Crippen MR) is 81.3 cm³/mol. The zero-order valence-corrected chi connectivity index (χ0v) is 13.2. The largest absolute Gasteiger partial charge is 0.381 e.